The van der Waals surface area contributed by atoms with Crippen LogP contribution in [0.25, 0.3) is 0 Å². The van der Waals surface area contributed by atoms with Crippen LogP contribution in [0.3, 0.4) is 0 Å². The smallest absolute Gasteiger partial charge is 0.300 e. The van der Waals surface area contributed by atoms with Crippen LogP contribution in [0.2, 0.25) is 15.2 Å². The summed E-state index contributed by atoms with van der Waals surface area (Å²) in [5, 5.41) is 8.52. The highest BCUT2D eigenvalue weighted by molar-refractivity contribution is 6.47. The lowest BCUT2D eigenvalue weighted by Gasteiger charge is -2.02. The molecule has 6 heteroatoms. The van der Waals surface area contributed by atoms with Crippen LogP contribution in [0, 0.1) is 0 Å². The number of nitrogens with zero attached hydrogens (tertiary/aromatic N) is 1. The molecule has 0 spiro atoms. The van der Waals surface area contributed by atoms with Gasteiger partial charge in [0.15, 0.2) is 0 Å². The molecule has 0 saturated carbocycles. The Morgan fingerprint density at radius 1 is 1.40 bits per heavy atom. The summed E-state index contributed by atoms with van der Waals surface area (Å²) in [5.41, 5.74) is 0.918. The Morgan fingerprint density at radius 3 is 2.27 bits per heavy atom. The van der Waals surface area contributed by atoms with Gasteiger partial charge in [-0.25, -0.2) is 4.98 Å². The number of hydrogen-bond acceptors (Lipinski definition) is 2. The third kappa shape index (κ3) is 5.21. The molecule has 0 amide bonds. The normalized spacial score (nSPS) is 9.13. The minimum absolute atomic E-state index is 0.258. The van der Waals surface area contributed by atoms with E-state index in [-0.39, 0.29) is 5.15 Å². The Labute approximate surface area is 103 Å². The average Bonchev–Trinajstić information content (AvgIpc) is 2.14. The quantitative estimate of drug-likeness (QED) is 0.792. The maximum Gasteiger partial charge on any atom is 0.300 e. The third-order valence-electron chi connectivity index (χ3n) is 1.37. The van der Waals surface area contributed by atoms with Crippen molar-refractivity contribution in [2.45, 2.75) is 20.3 Å². The number of hydrogen-bond donors (Lipinski definition) is 1. The number of halogens is 3. The monoisotopic (exact) mass is 269 g/mol. The Hall–Kier alpha value is -0.510. The van der Waals surface area contributed by atoms with Crippen molar-refractivity contribution in [2.75, 3.05) is 0 Å². The van der Waals surface area contributed by atoms with Crippen LogP contribution in [0.5, 0.6) is 0 Å². The topological polar surface area (TPSA) is 50.2 Å². The Balaban J connectivity index is 0.000000423. The van der Waals surface area contributed by atoms with Crippen LogP contribution in [0.1, 0.15) is 19.4 Å². The van der Waals surface area contributed by atoms with Crippen molar-refractivity contribution < 1.29 is 9.90 Å². The molecule has 15 heavy (non-hydrogen) atoms. The van der Waals surface area contributed by atoms with Gasteiger partial charge in [0.1, 0.15) is 5.15 Å². The molecule has 1 aromatic rings. The predicted octanol–water partition coefficient (Wildman–Crippen LogP) is 3.70. The SMILES string of the molecule is CC(=O)O.CCc1cnc(Cl)c(Cl)c1Cl. The van der Waals surface area contributed by atoms with Crippen LogP contribution in [0.15, 0.2) is 6.20 Å². The zero-order chi connectivity index (χ0) is 12.0. The third-order valence-corrected chi connectivity index (χ3v) is 2.65. The number of carboxylic acid groups (broad SMARTS) is 1. The largest absolute Gasteiger partial charge is 0.481 e. The van der Waals surface area contributed by atoms with E-state index in [1.807, 2.05) is 6.92 Å². The fourth-order valence-electron chi connectivity index (χ4n) is 0.726. The first-order valence-corrected chi connectivity index (χ1v) is 5.21. The van der Waals surface area contributed by atoms with E-state index in [4.69, 9.17) is 44.7 Å². The van der Waals surface area contributed by atoms with E-state index >= 15 is 0 Å². The van der Waals surface area contributed by atoms with E-state index < -0.39 is 5.97 Å². The van der Waals surface area contributed by atoms with Gasteiger partial charge in [0, 0.05) is 13.1 Å². The van der Waals surface area contributed by atoms with Crippen LogP contribution in [0.4, 0.5) is 0 Å². The van der Waals surface area contributed by atoms with E-state index in [9.17, 15) is 0 Å². The average molecular weight is 271 g/mol. The van der Waals surface area contributed by atoms with Gasteiger partial charge in [-0.15, -0.1) is 0 Å². The Bertz CT molecular complexity index is 351. The first-order valence-electron chi connectivity index (χ1n) is 4.08. The Kier molecular flexibility index (Phi) is 6.65. The van der Waals surface area contributed by atoms with Gasteiger partial charge in [-0.2, -0.15) is 0 Å². The second-order valence-electron chi connectivity index (χ2n) is 2.57. The molecule has 1 aromatic heterocycles. The summed E-state index contributed by atoms with van der Waals surface area (Å²) in [7, 11) is 0. The molecule has 0 saturated heterocycles. The molecule has 0 unspecified atom stereocenters. The standard InChI is InChI=1S/C7H6Cl3N.C2H4O2/c1-2-4-3-11-7(10)6(9)5(4)8;1-2(3)4/h3H,2H2,1H3;1H3,(H,3,4). The first kappa shape index (κ1) is 14.5. The van der Waals surface area contributed by atoms with Gasteiger partial charge >= 0.3 is 0 Å². The first-order chi connectivity index (χ1) is 6.90. The van der Waals surface area contributed by atoms with Crippen LogP contribution < -0.4 is 0 Å². The number of carboxylic acids is 1. The molecular formula is C9H10Cl3NO2. The molecule has 1 rings (SSSR count). The van der Waals surface area contributed by atoms with Crippen molar-refractivity contribution in [3.8, 4) is 0 Å². The highest BCUT2D eigenvalue weighted by atomic mass is 35.5. The number of aromatic nitrogens is 1. The van der Waals surface area contributed by atoms with Gasteiger partial charge in [0.25, 0.3) is 5.97 Å². The molecule has 0 fully saturated rings. The van der Waals surface area contributed by atoms with Crippen molar-refractivity contribution >= 4 is 40.8 Å². The van der Waals surface area contributed by atoms with Crippen molar-refractivity contribution in [1.29, 1.82) is 0 Å². The van der Waals surface area contributed by atoms with E-state index in [0.29, 0.717) is 10.0 Å². The second kappa shape index (κ2) is 6.88. The van der Waals surface area contributed by atoms with E-state index in [1.54, 1.807) is 6.20 Å². The van der Waals surface area contributed by atoms with Crippen LogP contribution in [-0.2, 0) is 11.2 Å². The highest BCUT2D eigenvalue weighted by Crippen LogP contribution is 2.30. The van der Waals surface area contributed by atoms with Crippen LogP contribution >= 0.6 is 34.8 Å². The molecule has 0 aromatic carbocycles. The highest BCUT2D eigenvalue weighted by Gasteiger charge is 2.07. The number of aryl methyl sites for hydroxylation is 1. The molecule has 0 bridgehead atoms. The lowest BCUT2D eigenvalue weighted by molar-refractivity contribution is -0.134. The second-order valence-corrected chi connectivity index (χ2v) is 3.69. The molecule has 1 heterocycles. The number of aliphatic carboxylic acids is 1. The minimum Gasteiger partial charge on any atom is -0.481 e. The van der Waals surface area contributed by atoms with Crippen molar-refractivity contribution in [2.24, 2.45) is 0 Å². The molecule has 0 aliphatic heterocycles. The van der Waals surface area contributed by atoms with Crippen molar-refractivity contribution in [3.63, 3.8) is 0 Å². The van der Waals surface area contributed by atoms with Gasteiger partial charge in [0.2, 0.25) is 0 Å². The summed E-state index contributed by atoms with van der Waals surface area (Å²) in [5.74, 6) is -0.833. The molecule has 0 atom stereocenters. The summed E-state index contributed by atoms with van der Waals surface area (Å²) in [4.78, 5) is 12.9. The van der Waals surface area contributed by atoms with Crippen LogP contribution in [-0.4, -0.2) is 16.1 Å². The van der Waals surface area contributed by atoms with Gasteiger partial charge in [-0.05, 0) is 12.0 Å². The summed E-state index contributed by atoms with van der Waals surface area (Å²) >= 11 is 17.2. The lowest BCUT2D eigenvalue weighted by atomic mass is 10.2. The lowest BCUT2D eigenvalue weighted by Crippen LogP contribution is -1.86. The fourth-order valence-corrected chi connectivity index (χ4v) is 1.36. The molecule has 0 aliphatic rings. The molecule has 3 nitrogen and oxygen atoms in total. The van der Waals surface area contributed by atoms with Crippen molar-refractivity contribution in [3.05, 3.63) is 27.0 Å². The fraction of sp³-hybridized carbons (Fsp3) is 0.333. The van der Waals surface area contributed by atoms with E-state index in [0.717, 1.165) is 18.9 Å². The van der Waals surface area contributed by atoms with Gasteiger partial charge < -0.3 is 5.11 Å². The molecule has 1 N–H and O–H groups in total. The number of pyridine rings is 1. The number of carbonyl (C=O) groups is 1. The van der Waals surface area contributed by atoms with Gasteiger partial charge in [-0.3, -0.25) is 4.79 Å². The van der Waals surface area contributed by atoms with Gasteiger partial charge in [-0.1, -0.05) is 41.7 Å². The maximum atomic E-state index is 9.00. The molecular weight excluding hydrogens is 260 g/mol. The van der Waals surface area contributed by atoms with Gasteiger partial charge in [0.05, 0.1) is 10.0 Å². The minimum atomic E-state index is -0.833. The van der Waals surface area contributed by atoms with E-state index in [1.165, 1.54) is 0 Å². The van der Waals surface area contributed by atoms with Crippen molar-refractivity contribution in [1.82, 2.24) is 4.98 Å². The zero-order valence-electron chi connectivity index (χ0n) is 8.22. The predicted molar refractivity (Wildman–Crippen MR) is 62.0 cm³/mol. The molecule has 0 aliphatic carbocycles. The Morgan fingerprint density at radius 2 is 1.87 bits per heavy atom. The summed E-state index contributed by atoms with van der Waals surface area (Å²) < 4.78 is 0. The summed E-state index contributed by atoms with van der Waals surface area (Å²) in [6, 6.07) is 0. The zero-order valence-corrected chi connectivity index (χ0v) is 10.5. The summed E-state index contributed by atoms with van der Waals surface area (Å²) in [6.07, 6.45) is 2.44. The summed E-state index contributed by atoms with van der Waals surface area (Å²) in [6.45, 7) is 3.06. The molecule has 0 radical (unpaired) electrons. The maximum absolute atomic E-state index is 9.00. The molecule has 84 valence electrons. The van der Waals surface area contributed by atoms with E-state index in [2.05, 4.69) is 4.98 Å². The number of rotatable bonds is 1.